The molecule has 1 fully saturated rings. The van der Waals surface area contributed by atoms with E-state index in [4.69, 9.17) is 5.11 Å². The van der Waals surface area contributed by atoms with E-state index in [-0.39, 0.29) is 6.42 Å². The van der Waals surface area contributed by atoms with Crippen LogP contribution in [0.15, 0.2) is 0 Å². The molecule has 0 unspecified atom stereocenters. The first-order valence-corrected chi connectivity index (χ1v) is 4.87. The van der Waals surface area contributed by atoms with Gasteiger partial charge in [-0.15, -0.1) is 0 Å². The Morgan fingerprint density at radius 1 is 1.25 bits per heavy atom. The van der Waals surface area contributed by atoms with Crippen LogP contribution in [0.2, 0.25) is 0 Å². The molecule has 16 heavy (non-hydrogen) atoms. The molecule has 1 aliphatic carbocycles. The minimum atomic E-state index is -4.43. The van der Waals surface area contributed by atoms with Crippen molar-refractivity contribution in [2.24, 2.45) is 11.8 Å². The van der Waals surface area contributed by atoms with Crippen LogP contribution >= 0.6 is 0 Å². The SMILES string of the molecule is O=C(O)[C@H]1CC[C@@H](C(=O)NCC(F)(F)F)C1. The van der Waals surface area contributed by atoms with Crippen LogP contribution in [0.25, 0.3) is 0 Å². The topological polar surface area (TPSA) is 66.4 Å². The van der Waals surface area contributed by atoms with E-state index in [9.17, 15) is 22.8 Å². The van der Waals surface area contributed by atoms with Gasteiger partial charge >= 0.3 is 12.1 Å². The normalized spacial score (nSPS) is 25.4. The fourth-order valence-corrected chi connectivity index (χ4v) is 1.78. The van der Waals surface area contributed by atoms with Crippen molar-refractivity contribution in [3.63, 3.8) is 0 Å². The van der Waals surface area contributed by atoms with Gasteiger partial charge in [0.05, 0.1) is 5.92 Å². The first-order chi connectivity index (χ1) is 7.29. The number of halogens is 3. The molecule has 0 aromatic heterocycles. The largest absolute Gasteiger partial charge is 0.481 e. The molecule has 0 radical (unpaired) electrons. The van der Waals surface area contributed by atoms with Gasteiger partial charge in [-0.25, -0.2) is 0 Å². The van der Waals surface area contributed by atoms with E-state index in [1.165, 1.54) is 0 Å². The van der Waals surface area contributed by atoms with Gasteiger partial charge < -0.3 is 10.4 Å². The summed E-state index contributed by atoms with van der Waals surface area (Å²) in [6, 6.07) is 0. The molecule has 0 spiro atoms. The van der Waals surface area contributed by atoms with Gasteiger partial charge in [0, 0.05) is 5.92 Å². The Morgan fingerprint density at radius 2 is 1.81 bits per heavy atom. The number of nitrogens with one attached hydrogen (secondary N) is 1. The van der Waals surface area contributed by atoms with Gasteiger partial charge in [0.15, 0.2) is 0 Å². The van der Waals surface area contributed by atoms with Crippen molar-refractivity contribution >= 4 is 11.9 Å². The lowest BCUT2D eigenvalue weighted by Gasteiger charge is -2.12. The number of rotatable bonds is 3. The lowest BCUT2D eigenvalue weighted by Crippen LogP contribution is -2.37. The summed E-state index contributed by atoms with van der Waals surface area (Å²) in [6.45, 7) is -1.36. The van der Waals surface area contributed by atoms with E-state index in [0.29, 0.717) is 12.8 Å². The number of carbonyl (C=O) groups excluding carboxylic acids is 1. The lowest BCUT2D eigenvalue weighted by atomic mass is 10.0. The predicted octanol–water partition coefficient (Wildman–Crippen LogP) is 1.17. The van der Waals surface area contributed by atoms with E-state index in [1.54, 1.807) is 5.32 Å². The number of carbonyl (C=O) groups is 2. The van der Waals surface area contributed by atoms with Gasteiger partial charge in [-0.1, -0.05) is 0 Å². The molecule has 0 bridgehead atoms. The Bertz CT molecular complexity index is 290. The first-order valence-electron chi connectivity index (χ1n) is 4.87. The Labute approximate surface area is 89.8 Å². The number of hydrogen-bond donors (Lipinski definition) is 2. The second-order valence-electron chi connectivity index (χ2n) is 3.88. The predicted molar refractivity (Wildman–Crippen MR) is 47.5 cm³/mol. The highest BCUT2D eigenvalue weighted by atomic mass is 19.4. The Morgan fingerprint density at radius 3 is 2.25 bits per heavy atom. The molecule has 2 atom stereocenters. The van der Waals surface area contributed by atoms with Gasteiger partial charge in [0.25, 0.3) is 0 Å². The Kier molecular flexibility index (Phi) is 3.77. The maximum Gasteiger partial charge on any atom is 0.405 e. The highest BCUT2D eigenvalue weighted by Gasteiger charge is 2.35. The van der Waals surface area contributed by atoms with Gasteiger partial charge in [-0.2, -0.15) is 13.2 Å². The van der Waals surface area contributed by atoms with Crippen LogP contribution in [-0.2, 0) is 9.59 Å². The second kappa shape index (κ2) is 4.71. The van der Waals surface area contributed by atoms with Crippen molar-refractivity contribution in [3.8, 4) is 0 Å². The average Bonchev–Trinajstić information content (AvgIpc) is 2.61. The molecular formula is C9H12F3NO3. The summed E-state index contributed by atoms with van der Waals surface area (Å²) in [5.41, 5.74) is 0. The molecular weight excluding hydrogens is 227 g/mol. The molecule has 7 heteroatoms. The average molecular weight is 239 g/mol. The van der Waals surface area contributed by atoms with Crippen molar-refractivity contribution in [1.29, 1.82) is 0 Å². The summed E-state index contributed by atoms with van der Waals surface area (Å²) in [4.78, 5) is 21.8. The van der Waals surface area contributed by atoms with Crippen LogP contribution < -0.4 is 5.32 Å². The quantitative estimate of drug-likeness (QED) is 0.776. The van der Waals surface area contributed by atoms with Crippen LogP contribution in [0.1, 0.15) is 19.3 Å². The van der Waals surface area contributed by atoms with E-state index < -0.39 is 36.4 Å². The van der Waals surface area contributed by atoms with Crippen LogP contribution in [0.3, 0.4) is 0 Å². The fourth-order valence-electron chi connectivity index (χ4n) is 1.78. The molecule has 4 nitrogen and oxygen atoms in total. The van der Waals surface area contributed by atoms with Crippen LogP contribution in [-0.4, -0.2) is 29.7 Å². The van der Waals surface area contributed by atoms with Crippen LogP contribution in [0.4, 0.5) is 13.2 Å². The van der Waals surface area contributed by atoms with Crippen LogP contribution in [0.5, 0.6) is 0 Å². The molecule has 1 aliphatic rings. The highest BCUT2D eigenvalue weighted by Crippen LogP contribution is 2.31. The van der Waals surface area contributed by atoms with E-state index in [0.717, 1.165) is 0 Å². The maximum absolute atomic E-state index is 11.8. The molecule has 0 aromatic rings. The van der Waals surface area contributed by atoms with E-state index >= 15 is 0 Å². The third-order valence-corrected chi connectivity index (χ3v) is 2.62. The Balaban J connectivity index is 2.37. The minimum absolute atomic E-state index is 0.124. The number of alkyl halides is 3. The van der Waals surface area contributed by atoms with Crippen molar-refractivity contribution in [2.45, 2.75) is 25.4 Å². The minimum Gasteiger partial charge on any atom is -0.481 e. The summed E-state index contributed by atoms with van der Waals surface area (Å²) >= 11 is 0. The zero-order valence-electron chi connectivity index (χ0n) is 8.38. The zero-order valence-corrected chi connectivity index (χ0v) is 8.38. The Hall–Kier alpha value is -1.27. The molecule has 0 saturated heterocycles. The van der Waals surface area contributed by atoms with Gasteiger partial charge in [0.2, 0.25) is 5.91 Å². The molecule has 0 heterocycles. The molecule has 0 aromatic carbocycles. The highest BCUT2D eigenvalue weighted by molar-refractivity contribution is 5.80. The first kappa shape index (κ1) is 12.8. The summed E-state index contributed by atoms with van der Waals surface area (Å²) < 4.78 is 35.4. The van der Waals surface area contributed by atoms with Gasteiger partial charge in [-0.3, -0.25) is 9.59 Å². The van der Waals surface area contributed by atoms with Gasteiger partial charge in [-0.05, 0) is 19.3 Å². The molecule has 1 rings (SSSR count). The lowest BCUT2D eigenvalue weighted by molar-refractivity contribution is -0.142. The van der Waals surface area contributed by atoms with E-state index in [1.807, 2.05) is 0 Å². The zero-order chi connectivity index (χ0) is 12.3. The second-order valence-corrected chi connectivity index (χ2v) is 3.88. The third kappa shape index (κ3) is 3.71. The van der Waals surface area contributed by atoms with Crippen molar-refractivity contribution in [3.05, 3.63) is 0 Å². The van der Waals surface area contributed by atoms with E-state index in [2.05, 4.69) is 0 Å². The number of hydrogen-bond acceptors (Lipinski definition) is 2. The van der Waals surface area contributed by atoms with Crippen LogP contribution in [0, 0.1) is 11.8 Å². The smallest absolute Gasteiger partial charge is 0.405 e. The van der Waals surface area contributed by atoms with Crippen molar-refractivity contribution in [2.75, 3.05) is 6.54 Å². The maximum atomic E-state index is 11.8. The number of carboxylic acid groups (broad SMARTS) is 1. The summed E-state index contributed by atoms with van der Waals surface area (Å²) in [5.74, 6) is -2.92. The standard InChI is InChI=1S/C9H12F3NO3/c10-9(11,12)4-13-7(14)5-1-2-6(3-5)8(15)16/h5-6H,1-4H2,(H,13,14)(H,15,16)/t5-,6+/m1/s1. The van der Waals surface area contributed by atoms with Gasteiger partial charge in [0.1, 0.15) is 6.54 Å². The monoisotopic (exact) mass is 239 g/mol. The molecule has 1 saturated carbocycles. The summed E-state index contributed by atoms with van der Waals surface area (Å²) in [6.07, 6.45) is -3.63. The summed E-state index contributed by atoms with van der Waals surface area (Å²) in [5, 5.41) is 10.4. The molecule has 1 amide bonds. The number of aliphatic carboxylic acids is 1. The molecule has 0 aliphatic heterocycles. The molecule has 2 N–H and O–H groups in total. The van der Waals surface area contributed by atoms with Crippen molar-refractivity contribution < 1.29 is 27.9 Å². The number of amides is 1. The fraction of sp³-hybridized carbons (Fsp3) is 0.778. The summed E-state index contributed by atoms with van der Waals surface area (Å²) in [7, 11) is 0. The number of carboxylic acids is 1. The third-order valence-electron chi connectivity index (χ3n) is 2.62. The molecule has 92 valence electrons. The van der Waals surface area contributed by atoms with Crippen molar-refractivity contribution in [1.82, 2.24) is 5.32 Å².